The van der Waals surface area contributed by atoms with Crippen LogP contribution in [0.25, 0.3) is 10.9 Å². The van der Waals surface area contributed by atoms with Gasteiger partial charge in [0.15, 0.2) is 0 Å². The van der Waals surface area contributed by atoms with Crippen LogP contribution in [0.4, 0.5) is 4.79 Å². The third kappa shape index (κ3) is 5.17. The summed E-state index contributed by atoms with van der Waals surface area (Å²) in [6, 6.07) is 13.1. The molecule has 0 spiro atoms. The lowest BCUT2D eigenvalue weighted by atomic mass is 9.88. The van der Waals surface area contributed by atoms with Crippen LogP contribution in [0.3, 0.4) is 0 Å². The van der Waals surface area contributed by atoms with E-state index in [0.717, 1.165) is 35.0 Å². The van der Waals surface area contributed by atoms with E-state index in [1.165, 1.54) is 5.56 Å². The van der Waals surface area contributed by atoms with Crippen molar-refractivity contribution in [2.45, 2.75) is 45.6 Å². The van der Waals surface area contributed by atoms with Crippen LogP contribution >= 0.6 is 11.6 Å². The molecule has 2 aliphatic rings. The number of benzene rings is 2. The van der Waals surface area contributed by atoms with Crippen molar-refractivity contribution in [3.63, 3.8) is 0 Å². The van der Waals surface area contributed by atoms with Crippen molar-refractivity contribution in [2.75, 3.05) is 33.0 Å². The summed E-state index contributed by atoms with van der Waals surface area (Å²) in [7, 11) is 0. The lowest BCUT2D eigenvalue weighted by molar-refractivity contribution is 0.0114. The number of hydrogen-bond donors (Lipinski definition) is 3. The highest BCUT2D eigenvalue weighted by atomic mass is 35.5. The van der Waals surface area contributed by atoms with E-state index in [1.807, 2.05) is 49.4 Å². The molecule has 0 radical (unpaired) electrons. The minimum atomic E-state index is -0.679. The number of aromatic nitrogens is 1. The topological polar surface area (TPSA) is 95.0 Å². The Kier molecular flexibility index (Phi) is 7.14. The highest BCUT2D eigenvalue weighted by Gasteiger charge is 2.41. The number of fused-ring (bicyclic) bond motifs is 3. The van der Waals surface area contributed by atoms with Crippen molar-refractivity contribution in [3.05, 3.63) is 64.3 Å². The Balaban J connectivity index is 1.44. The molecule has 1 aliphatic carbocycles. The summed E-state index contributed by atoms with van der Waals surface area (Å²) in [5.74, 6) is 0.638. The zero-order valence-electron chi connectivity index (χ0n) is 21.4. The first-order valence-corrected chi connectivity index (χ1v) is 13.4. The number of hydrogen-bond acceptors (Lipinski definition) is 5. The van der Waals surface area contributed by atoms with Gasteiger partial charge in [-0.3, -0.25) is 4.90 Å². The molecule has 8 heteroatoms. The highest BCUT2D eigenvalue weighted by molar-refractivity contribution is 6.31. The molecule has 3 aromatic rings. The second-order valence-electron chi connectivity index (χ2n) is 10.9. The Morgan fingerprint density at radius 3 is 2.57 bits per heavy atom. The second-order valence-corrected chi connectivity index (χ2v) is 11.4. The molecule has 198 valence electrons. The third-order valence-electron chi connectivity index (χ3n) is 8.13. The summed E-state index contributed by atoms with van der Waals surface area (Å²) >= 11 is 6.31. The molecule has 1 saturated carbocycles. The number of nitrogens with zero attached hydrogens (tertiary/aromatic N) is 1. The van der Waals surface area contributed by atoms with Crippen molar-refractivity contribution in [3.8, 4) is 5.75 Å². The molecule has 7 nitrogen and oxygen atoms in total. The summed E-state index contributed by atoms with van der Waals surface area (Å²) in [4.78, 5) is 18.7. The van der Waals surface area contributed by atoms with E-state index in [-0.39, 0.29) is 37.4 Å². The maximum Gasteiger partial charge on any atom is 0.410 e. The van der Waals surface area contributed by atoms with Crippen LogP contribution in [0.1, 0.15) is 56.0 Å². The van der Waals surface area contributed by atoms with E-state index in [0.29, 0.717) is 36.8 Å². The van der Waals surface area contributed by atoms with Crippen molar-refractivity contribution in [1.82, 2.24) is 9.88 Å². The minimum Gasteiger partial charge on any atom is -0.493 e. The van der Waals surface area contributed by atoms with E-state index < -0.39 is 5.41 Å². The number of aliphatic hydroxyl groups is 2. The monoisotopic (exact) mass is 526 g/mol. The molecule has 0 saturated heterocycles. The quantitative estimate of drug-likeness (QED) is 0.344. The fraction of sp³-hybridized carbons (Fsp3) is 0.483. The predicted molar refractivity (Wildman–Crippen MR) is 143 cm³/mol. The largest absolute Gasteiger partial charge is 0.493 e. The number of nitrogens with one attached hydrogen (secondary N) is 1. The average molecular weight is 527 g/mol. The highest BCUT2D eigenvalue weighted by Crippen LogP contribution is 2.45. The SMILES string of the molecule is CCC(CO)(CO)COc1ccc(C2c3[nH]c4ccc(Cl)cc4c3CCN2C(=O)OCC2(C)CC2)cc1. The number of H-pyrrole nitrogens is 1. The van der Waals surface area contributed by atoms with E-state index in [9.17, 15) is 15.0 Å². The number of aromatic amines is 1. The van der Waals surface area contributed by atoms with Crippen molar-refractivity contribution in [1.29, 1.82) is 0 Å². The predicted octanol–water partition coefficient (Wildman–Crippen LogP) is 5.47. The molecule has 1 atom stereocenters. The Morgan fingerprint density at radius 1 is 1.19 bits per heavy atom. The molecule has 2 aromatic carbocycles. The Hall–Kier alpha value is -2.74. The number of ether oxygens (including phenoxy) is 2. The van der Waals surface area contributed by atoms with Gasteiger partial charge in [-0.2, -0.15) is 0 Å². The van der Waals surface area contributed by atoms with Gasteiger partial charge in [-0.1, -0.05) is 37.6 Å². The van der Waals surface area contributed by atoms with Gasteiger partial charge in [-0.25, -0.2) is 4.79 Å². The van der Waals surface area contributed by atoms with Crippen LogP contribution in [0.15, 0.2) is 42.5 Å². The van der Waals surface area contributed by atoms with Gasteiger partial charge in [0.2, 0.25) is 0 Å². The Morgan fingerprint density at radius 2 is 1.92 bits per heavy atom. The van der Waals surface area contributed by atoms with Gasteiger partial charge < -0.3 is 24.7 Å². The zero-order chi connectivity index (χ0) is 26.2. The fourth-order valence-electron chi connectivity index (χ4n) is 4.93. The summed E-state index contributed by atoms with van der Waals surface area (Å²) in [5, 5.41) is 21.2. The number of carbonyl (C=O) groups is 1. The lowest BCUT2D eigenvalue weighted by Crippen LogP contribution is -2.41. The van der Waals surface area contributed by atoms with Crippen LogP contribution in [-0.4, -0.2) is 59.2 Å². The standard InChI is InChI=1S/C29H35ClN2O5/c1-3-29(15-33,16-34)18-36-21-7-4-19(5-8-21)26-25-22(23-14-20(30)6-9-24(23)31-25)10-13-32(26)27(35)37-17-28(2)11-12-28/h4-9,14,26,31,33-34H,3,10-13,15-18H2,1-2H3. The molecule has 5 rings (SSSR count). The van der Waals surface area contributed by atoms with Gasteiger partial charge in [0, 0.05) is 33.6 Å². The molecule has 1 aliphatic heterocycles. The molecule has 1 aromatic heterocycles. The van der Waals surface area contributed by atoms with Crippen LogP contribution in [0, 0.1) is 10.8 Å². The van der Waals surface area contributed by atoms with E-state index in [4.69, 9.17) is 21.1 Å². The lowest BCUT2D eigenvalue weighted by Gasteiger charge is -2.35. The molecule has 1 unspecified atom stereocenters. The smallest absolute Gasteiger partial charge is 0.410 e. The molecule has 1 fully saturated rings. The van der Waals surface area contributed by atoms with Gasteiger partial charge >= 0.3 is 6.09 Å². The van der Waals surface area contributed by atoms with Gasteiger partial charge in [0.1, 0.15) is 11.8 Å². The molecule has 2 heterocycles. The zero-order valence-corrected chi connectivity index (χ0v) is 22.2. The Bertz CT molecular complexity index is 1260. The van der Waals surface area contributed by atoms with Crippen LogP contribution in [-0.2, 0) is 11.2 Å². The van der Waals surface area contributed by atoms with Crippen LogP contribution in [0.2, 0.25) is 5.02 Å². The third-order valence-corrected chi connectivity index (χ3v) is 8.37. The maximum absolute atomic E-state index is 13.3. The van der Waals surface area contributed by atoms with Crippen molar-refractivity contribution < 1.29 is 24.5 Å². The van der Waals surface area contributed by atoms with Crippen molar-refractivity contribution in [2.24, 2.45) is 10.8 Å². The maximum atomic E-state index is 13.3. The van der Waals surface area contributed by atoms with Gasteiger partial charge in [-0.15, -0.1) is 0 Å². The van der Waals surface area contributed by atoms with Gasteiger partial charge in [0.25, 0.3) is 0 Å². The van der Waals surface area contributed by atoms with Crippen LogP contribution in [0.5, 0.6) is 5.75 Å². The fourth-order valence-corrected chi connectivity index (χ4v) is 5.10. The summed E-state index contributed by atoms with van der Waals surface area (Å²) in [5.41, 5.74) is 3.49. The number of amides is 1. The normalized spacial score (nSPS) is 18.5. The molecular formula is C29H35ClN2O5. The first kappa shape index (κ1) is 25.9. The van der Waals surface area contributed by atoms with Crippen LogP contribution < -0.4 is 4.74 Å². The average Bonchev–Trinajstić information content (AvgIpc) is 3.55. The summed E-state index contributed by atoms with van der Waals surface area (Å²) < 4.78 is 11.7. The van der Waals surface area contributed by atoms with E-state index in [2.05, 4.69) is 11.9 Å². The second kappa shape index (κ2) is 10.2. The number of aliphatic hydroxyl groups excluding tert-OH is 2. The molecule has 1 amide bonds. The first-order chi connectivity index (χ1) is 17.8. The molecule has 3 N–H and O–H groups in total. The minimum absolute atomic E-state index is 0.111. The molecule has 0 bridgehead atoms. The Labute approximate surface area is 222 Å². The summed E-state index contributed by atoms with van der Waals surface area (Å²) in [6.07, 6.45) is 3.18. The summed E-state index contributed by atoms with van der Waals surface area (Å²) in [6.45, 7) is 4.95. The molecule has 37 heavy (non-hydrogen) atoms. The number of rotatable bonds is 9. The number of carbonyl (C=O) groups excluding carboxylic acids is 1. The van der Waals surface area contributed by atoms with Gasteiger partial charge in [-0.05, 0) is 67.1 Å². The molecular weight excluding hydrogens is 492 g/mol. The van der Waals surface area contributed by atoms with Crippen molar-refractivity contribution >= 4 is 28.6 Å². The van der Waals surface area contributed by atoms with Gasteiger partial charge in [0.05, 0.1) is 31.8 Å². The van der Waals surface area contributed by atoms with E-state index in [1.54, 1.807) is 4.90 Å². The first-order valence-electron chi connectivity index (χ1n) is 13.0. The number of halogens is 1. The van der Waals surface area contributed by atoms with E-state index >= 15 is 0 Å².